The summed E-state index contributed by atoms with van der Waals surface area (Å²) >= 11 is 1.54. The lowest BCUT2D eigenvalue weighted by Crippen LogP contribution is -2.15. The van der Waals surface area contributed by atoms with Crippen molar-refractivity contribution in [2.75, 3.05) is 0 Å². The summed E-state index contributed by atoms with van der Waals surface area (Å²) in [4.78, 5) is 1.14. The molecular weight excluding hydrogens is 448 g/mol. The van der Waals surface area contributed by atoms with E-state index in [2.05, 4.69) is 108 Å². The summed E-state index contributed by atoms with van der Waals surface area (Å²) < 4.78 is 5.01. The van der Waals surface area contributed by atoms with Crippen molar-refractivity contribution < 1.29 is 0 Å². The van der Waals surface area contributed by atoms with Crippen LogP contribution >= 0.6 is 11.9 Å². The summed E-state index contributed by atoms with van der Waals surface area (Å²) in [6, 6.07) is 28.2. The van der Waals surface area contributed by atoms with Crippen molar-refractivity contribution in [2.45, 2.75) is 43.5 Å². The first-order valence-electron chi connectivity index (χ1n) is 12.4. The first-order valence-corrected chi connectivity index (χ1v) is 13.1. The minimum atomic E-state index is 0.364. The van der Waals surface area contributed by atoms with E-state index in [0.717, 1.165) is 23.4 Å². The fraction of sp³-hybridized carbons (Fsp3) is 0.267. The highest BCUT2D eigenvalue weighted by Crippen LogP contribution is 2.46. The monoisotopic (exact) mass is 476 g/mol. The van der Waals surface area contributed by atoms with Gasteiger partial charge in [0.15, 0.2) is 0 Å². The fourth-order valence-electron chi connectivity index (χ4n) is 5.31. The third-order valence-electron chi connectivity index (χ3n) is 7.54. The summed E-state index contributed by atoms with van der Waals surface area (Å²) in [6.07, 6.45) is 4.23. The molecule has 2 aliphatic carbocycles. The molecule has 1 aliphatic heterocycles. The number of hydrogen-bond acceptors (Lipinski definition) is 5. The normalized spacial score (nSPS) is 25.5. The van der Waals surface area contributed by atoms with Gasteiger partial charge in [-0.1, -0.05) is 86.2 Å². The molecule has 4 nitrogen and oxygen atoms in total. The van der Waals surface area contributed by atoms with Gasteiger partial charge in [0.2, 0.25) is 0 Å². The number of benzene rings is 3. The fourth-order valence-corrected chi connectivity index (χ4v) is 5.92. The molecule has 35 heavy (non-hydrogen) atoms. The molecule has 3 aromatic carbocycles. The van der Waals surface area contributed by atoms with E-state index in [1.807, 2.05) is 6.07 Å². The number of allylic oxidation sites excluding steroid dienone is 2. The molecule has 4 unspecified atom stereocenters. The Morgan fingerprint density at radius 2 is 1.57 bits per heavy atom. The van der Waals surface area contributed by atoms with E-state index in [0.29, 0.717) is 23.8 Å². The van der Waals surface area contributed by atoms with Gasteiger partial charge in [0, 0.05) is 40.0 Å². The number of rotatable bonds is 6. The molecule has 1 fully saturated rings. The van der Waals surface area contributed by atoms with Gasteiger partial charge >= 0.3 is 0 Å². The third kappa shape index (κ3) is 4.41. The smallest absolute Gasteiger partial charge is 0.0847 e. The van der Waals surface area contributed by atoms with Gasteiger partial charge in [0.1, 0.15) is 0 Å². The second kappa shape index (κ2) is 9.38. The predicted molar refractivity (Wildman–Crippen MR) is 145 cm³/mol. The topological polar surface area (TPSA) is 49.4 Å². The first-order chi connectivity index (χ1) is 17.2. The molecule has 174 valence electrons. The molecule has 3 aliphatic rings. The molecule has 1 heterocycles. The zero-order valence-corrected chi connectivity index (χ0v) is 20.8. The van der Waals surface area contributed by atoms with Crippen molar-refractivity contribution in [3.63, 3.8) is 0 Å². The van der Waals surface area contributed by atoms with Crippen LogP contribution in [0, 0.1) is 11.8 Å². The van der Waals surface area contributed by atoms with Crippen molar-refractivity contribution in [1.82, 2.24) is 0 Å². The van der Waals surface area contributed by atoms with E-state index in [1.54, 1.807) is 11.9 Å². The second-order valence-electron chi connectivity index (χ2n) is 9.66. The minimum absolute atomic E-state index is 0.364. The molecule has 0 saturated heterocycles. The Kier molecular flexibility index (Phi) is 5.95. The van der Waals surface area contributed by atoms with Gasteiger partial charge in [-0.25, -0.2) is 4.40 Å². The highest BCUT2D eigenvalue weighted by Gasteiger charge is 2.52. The maximum Gasteiger partial charge on any atom is 0.0847 e. The van der Waals surface area contributed by atoms with Crippen LogP contribution in [0.15, 0.2) is 115 Å². The molecule has 0 radical (unpaired) electrons. The van der Waals surface area contributed by atoms with E-state index < -0.39 is 0 Å². The van der Waals surface area contributed by atoms with Crippen LogP contribution in [0.3, 0.4) is 0 Å². The van der Waals surface area contributed by atoms with Gasteiger partial charge < -0.3 is 0 Å². The van der Waals surface area contributed by atoms with Crippen molar-refractivity contribution in [3.8, 4) is 11.1 Å². The van der Waals surface area contributed by atoms with Crippen LogP contribution in [0.1, 0.15) is 43.7 Å². The zero-order valence-electron chi connectivity index (χ0n) is 20.0. The van der Waals surface area contributed by atoms with Gasteiger partial charge in [-0.2, -0.15) is 5.11 Å². The highest BCUT2D eigenvalue weighted by molar-refractivity contribution is 7.98. The maximum absolute atomic E-state index is 5.01. The maximum atomic E-state index is 5.01. The molecule has 3 aromatic rings. The Labute approximate surface area is 211 Å². The van der Waals surface area contributed by atoms with Crippen LogP contribution in [0.2, 0.25) is 0 Å². The van der Waals surface area contributed by atoms with Crippen LogP contribution in [-0.2, 0) is 0 Å². The largest absolute Gasteiger partial charge is 0.211 e. The summed E-state index contributed by atoms with van der Waals surface area (Å²) in [5.41, 5.74) is 8.72. The average molecular weight is 477 g/mol. The van der Waals surface area contributed by atoms with Crippen LogP contribution < -0.4 is 0 Å². The van der Waals surface area contributed by atoms with Crippen LogP contribution in [0.5, 0.6) is 0 Å². The summed E-state index contributed by atoms with van der Waals surface area (Å²) in [5, 5.41) is 12.7. The van der Waals surface area contributed by atoms with Crippen molar-refractivity contribution >= 4 is 23.4 Å². The van der Waals surface area contributed by atoms with Gasteiger partial charge in [0.05, 0.1) is 11.8 Å². The van der Waals surface area contributed by atoms with Gasteiger partial charge in [-0.05, 0) is 58.9 Å². The molecule has 0 bridgehead atoms. The lowest BCUT2D eigenvalue weighted by Gasteiger charge is -2.25. The number of hydrogen-bond donors (Lipinski definition) is 0. The molecule has 4 atom stereocenters. The van der Waals surface area contributed by atoms with E-state index in [1.165, 1.54) is 33.5 Å². The zero-order chi connectivity index (χ0) is 23.8. The second-order valence-corrected chi connectivity index (χ2v) is 10.5. The first kappa shape index (κ1) is 22.2. The van der Waals surface area contributed by atoms with Crippen LogP contribution in [0.4, 0.5) is 0 Å². The third-order valence-corrected chi connectivity index (χ3v) is 8.31. The quantitative estimate of drug-likeness (QED) is 0.331. The number of fused-ring (bicyclic) bond motifs is 2. The standard InChI is InChI=1S/C30H28N4S/c1-19-23(14-17-27-29-20(2)30(29)32-34-31-27)18-28(26-11-7-6-10-25(19)26)33-35-24-15-12-22(13-16-24)21-8-4-3-5-9-21/h3-13,15-16,18-20,29-30H,14,17H2,1-2H3/b33-28+. The Morgan fingerprint density at radius 1 is 0.829 bits per heavy atom. The molecule has 0 aromatic heterocycles. The highest BCUT2D eigenvalue weighted by atomic mass is 32.2. The molecule has 1 saturated carbocycles. The molecule has 6 rings (SSSR count). The molecule has 0 amide bonds. The van der Waals surface area contributed by atoms with E-state index >= 15 is 0 Å². The van der Waals surface area contributed by atoms with Crippen LogP contribution in [0.25, 0.3) is 11.1 Å². The van der Waals surface area contributed by atoms with E-state index in [9.17, 15) is 0 Å². The minimum Gasteiger partial charge on any atom is -0.211 e. The Morgan fingerprint density at radius 3 is 2.40 bits per heavy atom. The summed E-state index contributed by atoms with van der Waals surface area (Å²) in [6.45, 7) is 4.56. The van der Waals surface area contributed by atoms with Gasteiger partial charge in [0.25, 0.3) is 0 Å². The SMILES string of the molecule is CC1C(CCC2=NN=NC3C(C)C23)=C/C(=N\Sc2ccc(-c3ccccc3)cc2)c2ccccc21. The average Bonchev–Trinajstić information content (AvgIpc) is 3.59. The van der Waals surface area contributed by atoms with Crippen molar-refractivity contribution in [3.05, 3.63) is 102 Å². The molecule has 0 spiro atoms. The lowest BCUT2D eigenvalue weighted by molar-refractivity contribution is 0.774. The Balaban J connectivity index is 1.22. The molecular formula is C30H28N4S. The Hall–Kier alpha value is -3.31. The Bertz CT molecular complexity index is 1350. The predicted octanol–water partition coefficient (Wildman–Crippen LogP) is 8.13. The number of nitrogens with zero attached hydrogens (tertiary/aromatic N) is 4. The van der Waals surface area contributed by atoms with Crippen molar-refractivity contribution in [2.24, 2.45) is 31.7 Å². The lowest BCUT2D eigenvalue weighted by atomic mass is 9.80. The van der Waals surface area contributed by atoms with Gasteiger partial charge in [-0.15, -0.1) is 5.10 Å². The summed E-state index contributed by atoms with van der Waals surface area (Å²) in [7, 11) is 0. The van der Waals surface area contributed by atoms with Crippen molar-refractivity contribution in [1.29, 1.82) is 0 Å². The van der Waals surface area contributed by atoms with E-state index in [4.69, 9.17) is 4.40 Å². The molecule has 0 N–H and O–H groups in total. The van der Waals surface area contributed by atoms with Gasteiger partial charge in [-0.3, -0.25) is 0 Å². The summed E-state index contributed by atoms with van der Waals surface area (Å²) in [5.74, 6) is 1.46. The molecule has 5 heteroatoms. The van der Waals surface area contributed by atoms with Crippen LogP contribution in [-0.4, -0.2) is 17.5 Å². The van der Waals surface area contributed by atoms with E-state index in [-0.39, 0.29) is 0 Å².